The summed E-state index contributed by atoms with van der Waals surface area (Å²) < 4.78 is 37.2. The summed E-state index contributed by atoms with van der Waals surface area (Å²) in [7, 11) is 1.99. The van der Waals surface area contributed by atoms with Crippen molar-refractivity contribution in [1.82, 2.24) is 19.9 Å². The van der Waals surface area contributed by atoms with Gasteiger partial charge in [0.1, 0.15) is 16.6 Å². The number of thiophene rings is 1. The maximum Gasteiger partial charge on any atom is 0.226 e. The van der Waals surface area contributed by atoms with Gasteiger partial charge in [-0.25, -0.2) is 18.7 Å². The predicted molar refractivity (Wildman–Crippen MR) is 150 cm³/mol. The molecular formula is C28H29F2N7O2S. The Balaban J connectivity index is 1.50. The number of nitrogen functional groups attached to an aromatic ring is 1. The van der Waals surface area contributed by atoms with Crippen LogP contribution in [0.15, 0.2) is 12.4 Å². The van der Waals surface area contributed by atoms with Crippen molar-refractivity contribution in [3.8, 4) is 17.3 Å². The molecule has 3 N–H and O–H groups in total. The molecular weight excluding hydrogens is 536 g/mol. The summed E-state index contributed by atoms with van der Waals surface area (Å²) in [6.45, 7) is 7.21. The topological polar surface area (TPSA) is 124 Å². The van der Waals surface area contributed by atoms with Gasteiger partial charge in [0.2, 0.25) is 5.95 Å². The van der Waals surface area contributed by atoms with Gasteiger partial charge in [0, 0.05) is 47.7 Å². The molecule has 0 aliphatic carbocycles. The molecule has 2 aliphatic heterocycles. The number of hydrogen-bond acceptors (Lipinski definition) is 10. The fourth-order valence-electron chi connectivity index (χ4n) is 6.20. The zero-order chi connectivity index (χ0) is 28.5. The standard InChI is InChI=1S/C28H29F2N7O2S/c1-13-19(36(4)12-28(2,3)38)5-6-37(13)27-34-8-15-16-10-39-11-17(16)20(22(30)23(15)35-27)24-21-14(7-31)26(32)40-25(21)18(29)9-33-24/h8-9,13,19,38H,5-6,10-12,32H2,1-4H3/t13-,19-/m0/s1. The highest BCUT2D eigenvalue weighted by Crippen LogP contribution is 2.45. The zero-order valence-corrected chi connectivity index (χ0v) is 23.4. The summed E-state index contributed by atoms with van der Waals surface area (Å²) in [5, 5.41) is 21.0. The maximum atomic E-state index is 16.6. The van der Waals surface area contributed by atoms with Crippen LogP contribution in [0.1, 0.15) is 43.9 Å². The molecule has 40 heavy (non-hydrogen) atoms. The van der Waals surface area contributed by atoms with Gasteiger partial charge in [-0.05, 0) is 45.4 Å². The van der Waals surface area contributed by atoms with Gasteiger partial charge in [-0.3, -0.25) is 9.88 Å². The first kappa shape index (κ1) is 26.7. The largest absolute Gasteiger partial charge is 0.389 e. The molecule has 208 valence electrons. The molecule has 6 rings (SSSR count). The van der Waals surface area contributed by atoms with E-state index in [1.165, 1.54) is 0 Å². The van der Waals surface area contributed by atoms with Crippen LogP contribution in [0.4, 0.5) is 19.7 Å². The van der Waals surface area contributed by atoms with Crippen LogP contribution < -0.4 is 10.6 Å². The Labute approximate surface area is 233 Å². The molecule has 0 saturated carbocycles. The van der Waals surface area contributed by atoms with E-state index in [4.69, 9.17) is 15.5 Å². The Bertz CT molecular complexity index is 1710. The van der Waals surface area contributed by atoms with Crippen molar-refractivity contribution < 1.29 is 18.6 Å². The molecule has 9 nitrogen and oxygen atoms in total. The summed E-state index contributed by atoms with van der Waals surface area (Å²) in [5.41, 5.74) is 7.00. The zero-order valence-electron chi connectivity index (χ0n) is 22.6. The first-order chi connectivity index (χ1) is 19.0. The number of benzene rings is 1. The van der Waals surface area contributed by atoms with Crippen LogP contribution in [0.3, 0.4) is 0 Å². The van der Waals surface area contributed by atoms with E-state index >= 15 is 4.39 Å². The summed E-state index contributed by atoms with van der Waals surface area (Å²) >= 11 is 0.941. The van der Waals surface area contributed by atoms with Crippen molar-refractivity contribution >= 4 is 43.3 Å². The number of anilines is 2. The molecule has 0 spiro atoms. The van der Waals surface area contributed by atoms with Crippen molar-refractivity contribution in [3.05, 3.63) is 40.7 Å². The van der Waals surface area contributed by atoms with Gasteiger partial charge in [-0.2, -0.15) is 5.26 Å². The number of nitrogens with two attached hydrogens (primary N) is 1. The Morgan fingerprint density at radius 2 is 2.02 bits per heavy atom. The summed E-state index contributed by atoms with van der Waals surface area (Å²) in [5.74, 6) is -0.847. The Kier molecular flexibility index (Phi) is 6.38. The third-order valence-electron chi connectivity index (χ3n) is 7.91. The van der Waals surface area contributed by atoms with Crippen molar-refractivity contribution in [3.63, 3.8) is 0 Å². The van der Waals surface area contributed by atoms with E-state index in [-0.39, 0.29) is 62.7 Å². The molecule has 1 fully saturated rings. The predicted octanol–water partition coefficient (Wildman–Crippen LogP) is 4.34. The lowest BCUT2D eigenvalue weighted by Gasteiger charge is -2.34. The van der Waals surface area contributed by atoms with E-state index in [1.807, 2.05) is 13.1 Å². The van der Waals surface area contributed by atoms with Crippen LogP contribution in [0.5, 0.6) is 0 Å². The number of rotatable bonds is 5. The molecule has 1 aromatic carbocycles. The number of nitriles is 1. The van der Waals surface area contributed by atoms with Crippen LogP contribution in [0.25, 0.3) is 32.2 Å². The fraction of sp³-hybridized carbons (Fsp3) is 0.429. The molecule has 4 aromatic rings. The van der Waals surface area contributed by atoms with Crippen LogP contribution in [0, 0.1) is 23.0 Å². The Hall–Kier alpha value is -3.50. The Morgan fingerprint density at radius 3 is 2.75 bits per heavy atom. The third kappa shape index (κ3) is 4.16. The van der Waals surface area contributed by atoms with Gasteiger partial charge in [-0.1, -0.05) is 0 Å². The van der Waals surface area contributed by atoms with Crippen molar-refractivity contribution in [2.24, 2.45) is 0 Å². The van der Waals surface area contributed by atoms with Crippen molar-refractivity contribution in [1.29, 1.82) is 5.26 Å². The molecule has 0 unspecified atom stereocenters. The summed E-state index contributed by atoms with van der Waals surface area (Å²) in [6, 6.07) is 2.21. The van der Waals surface area contributed by atoms with Crippen LogP contribution in [0.2, 0.25) is 0 Å². The highest BCUT2D eigenvalue weighted by atomic mass is 32.1. The molecule has 2 atom stereocenters. The molecule has 0 radical (unpaired) electrons. The second-order valence-corrected chi connectivity index (χ2v) is 12.3. The number of aromatic nitrogens is 3. The van der Waals surface area contributed by atoms with E-state index in [2.05, 4.69) is 26.7 Å². The quantitative estimate of drug-likeness (QED) is 0.364. The van der Waals surface area contributed by atoms with Crippen molar-refractivity contribution in [2.45, 2.75) is 58.1 Å². The minimum Gasteiger partial charge on any atom is -0.389 e. The average Bonchev–Trinajstić information content (AvgIpc) is 3.61. The number of aliphatic hydroxyl groups is 1. The lowest BCUT2D eigenvalue weighted by molar-refractivity contribution is 0.0306. The highest BCUT2D eigenvalue weighted by Gasteiger charge is 2.37. The molecule has 5 heterocycles. The fourth-order valence-corrected chi connectivity index (χ4v) is 7.12. The average molecular weight is 566 g/mol. The minimum absolute atomic E-state index is 0.0236. The van der Waals surface area contributed by atoms with E-state index in [0.717, 1.165) is 29.5 Å². The molecule has 0 bridgehead atoms. The number of hydrogen-bond donors (Lipinski definition) is 2. The number of pyridine rings is 1. The van der Waals surface area contributed by atoms with Gasteiger partial charge >= 0.3 is 0 Å². The van der Waals surface area contributed by atoms with Gasteiger partial charge < -0.3 is 20.5 Å². The summed E-state index contributed by atoms with van der Waals surface area (Å²) in [6.07, 6.45) is 3.51. The Morgan fingerprint density at radius 1 is 1.27 bits per heavy atom. The molecule has 1 saturated heterocycles. The third-order valence-corrected chi connectivity index (χ3v) is 8.93. The number of fused-ring (bicyclic) bond motifs is 4. The monoisotopic (exact) mass is 565 g/mol. The molecule has 12 heteroatoms. The normalized spacial score (nSPS) is 19.2. The number of halogens is 2. The van der Waals surface area contributed by atoms with Crippen LogP contribution in [-0.2, 0) is 18.0 Å². The smallest absolute Gasteiger partial charge is 0.226 e. The van der Waals surface area contributed by atoms with E-state index in [0.29, 0.717) is 30.0 Å². The first-order valence-corrected chi connectivity index (χ1v) is 13.9. The lowest BCUT2D eigenvalue weighted by Crippen LogP contribution is -2.47. The van der Waals surface area contributed by atoms with Gasteiger partial charge in [-0.15, -0.1) is 11.3 Å². The van der Waals surface area contributed by atoms with Gasteiger partial charge in [0.05, 0.1) is 41.0 Å². The van der Waals surface area contributed by atoms with E-state index < -0.39 is 17.2 Å². The SMILES string of the molecule is C[C@H]1[C@@H](N(C)CC(C)(C)O)CCN1c1ncc2c3c(c(-c4ncc(F)c5sc(N)c(C#N)c45)c(F)c2n1)COC3. The number of nitrogens with zero attached hydrogens (tertiary/aromatic N) is 6. The second-order valence-electron chi connectivity index (χ2n) is 11.2. The van der Waals surface area contributed by atoms with Gasteiger partial charge in [0.25, 0.3) is 0 Å². The number of likely N-dealkylation sites (N-methyl/N-ethyl adjacent to an activating group) is 1. The highest BCUT2D eigenvalue weighted by molar-refractivity contribution is 7.23. The van der Waals surface area contributed by atoms with E-state index in [1.54, 1.807) is 20.0 Å². The van der Waals surface area contributed by atoms with Crippen LogP contribution in [-0.4, -0.2) is 62.8 Å². The lowest BCUT2D eigenvalue weighted by atomic mass is 9.94. The molecule has 0 amide bonds. The minimum atomic E-state index is -0.832. The van der Waals surface area contributed by atoms with E-state index in [9.17, 15) is 14.8 Å². The number of ether oxygens (including phenoxy) is 1. The molecule has 3 aromatic heterocycles. The molecule has 2 aliphatic rings. The second kappa shape index (κ2) is 9.55. The summed E-state index contributed by atoms with van der Waals surface area (Å²) in [4.78, 5) is 17.8. The van der Waals surface area contributed by atoms with Crippen LogP contribution >= 0.6 is 11.3 Å². The van der Waals surface area contributed by atoms with Gasteiger partial charge in [0.15, 0.2) is 11.6 Å². The maximum absolute atomic E-state index is 16.6. The first-order valence-electron chi connectivity index (χ1n) is 13.0. The van der Waals surface area contributed by atoms with Crippen molar-refractivity contribution in [2.75, 3.05) is 30.8 Å².